The molecular weight excluding hydrogens is 238 g/mol. The molecule has 3 heteroatoms. The van der Waals surface area contributed by atoms with E-state index in [4.69, 9.17) is 4.74 Å². The first-order valence-electron chi connectivity index (χ1n) is 6.63. The van der Waals surface area contributed by atoms with Crippen molar-refractivity contribution in [2.45, 2.75) is 46.1 Å². The van der Waals surface area contributed by atoms with Crippen LogP contribution in [0.3, 0.4) is 0 Å². The lowest BCUT2D eigenvalue weighted by molar-refractivity contribution is 0.0544. The van der Waals surface area contributed by atoms with E-state index in [0.29, 0.717) is 5.92 Å². The van der Waals surface area contributed by atoms with E-state index in [-0.39, 0.29) is 6.09 Å². The van der Waals surface area contributed by atoms with Crippen molar-refractivity contribution >= 4 is 17.0 Å². The number of aromatic nitrogens is 1. The van der Waals surface area contributed by atoms with Crippen LogP contribution in [0.15, 0.2) is 30.5 Å². The standard InChI is InChI=1S/C16H21NO2/c1-11(2)13-10-17(15(18)19-16(3,4)5)14-9-7-6-8-12(13)14/h6-11H,1-5H3. The van der Waals surface area contributed by atoms with Gasteiger partial charge in [-0.1, -0.05) is 32.0 Å². The maximum Gasteiger partial charge on any atom is 0.419 e. The summed E-state index contributed by atoms with van der Waals surface area (Å²) in [6.07, 6.45) is 1.57. The normalized spacial score (nSPS) is 12.1. The summed E-state index contributed by atoms with van der Waals surface area (Å²) in [6.45, 7) is 9.88. The number of para-hydroxylation sites is 1. The molecule has 0 aliphatic carbocycles. The second-order valence-corrected chi connectivity index (χ2v) is 6.11. The number of benzene rings is 1. The van der Waals surface area contributed by atoms with Crippen LogP contribution in [0.2, 0.25) is 0 Å². The van der Waals surface area contributed by atoms with Gasteiger partial charge in [0.25, 0.3) is 0 Å². The maximum absolute atomic E-state index is 12.3. The zero-order valence-electron chi connectivity index (χ0n) is 12.2. The van der Waals surface area contributed by atoms with Crippen LogP contribution in [0.4, 0.5) is 4.79 Å². The Labute approximate surface area is 114 Å². The molecule has 1 aromatic heterocycles. The van der Waals surface area contributed by atoms with Crippen LogP contribution >= 0.6 is 0 Å². The van der Waals surface area contributed by atoms with Crippen LogP contribution in [0.25, 0.3) is 10.9 Å². The van der Waals surface area contributed by atoms with Gasteiger partial charge in [-0.25, -0.2) is 4.79 Å². The zero-order chi connectivity index (χ0) is 14.2. The van der Waals surface area contributed by atoms with Gasteiger partial charge in [-0.05, 0) is 38.3 Å². The Balaban J connectivity index is 2.52. The molecule has 102 valence electrons. The van der Waals surface area contributed by atoms with E-state index in [0.717, 1.165) is 10.9 Å². The maximum atomic E-state index is 12.3. The number of ether oxygens (including phenoxy) is 1. The second-order valence-electron chi connectivity index (χ2n) is 6.11. The monoisotopic (exact) mass is 259 g/mol. The first-order valence-corrected chi connectivity index (χ1v) is 6.63. The summed E-state index contributed by atoms with van der Waals surface area (Å²) >= 11 is 0. The number of carbonyl (C=O) groups excluding carboxylic acids is 1. The van der Waals surface area contributed by atoms with Gasteiger partial charge in [0.2, 0.25) is 0 Å². The molecule has 2 rings (SSSR count). The Hall–Kier alpha value is -1.77. The average Bonchev–Trinajstić information content (AvgIpc) is 2.66. The topological polar surface area (TPSA) is 31.2 Å². The molecule has 0 fully saturated rings. The van der Waals surface area contributed by atoms with Crippen LogP contribution in [-0.2, 0) is 4.74 Å². The molecule has 0 saturated heterocycles. The van der Waals surface area contributed by atoms with E-state index in [1.54, 1.807) is 4.57 Å². The third kappa shape index (κ3) is 2.80. The van der Waals surface area contributed by atoms with E-state index in [2.05, 4.69) is 13.8 Å². The minimum atomic E-state index is -0.486. The number of hydrogen-bond acceptors (Lipinski definition) is 2. The van der Waals surface area contributed by atoms with Gasteiger partial charge in [0.05, 0.1) is 5.52 Å². The van der Waals surface area contributed by atoms with E-state index >= 15 is 0 Å². The van der Waals surface area contributed by atoms with Gasteiger partial charge in [-0.3, -0.25) is 4.57 Å². The molecule has 0 radical (unpaired) electrons. The highest BCUT2D eigenvalue weighted by atomic mass is 16.6. The minimum Gasteiger partial charge on any atom is -0.443 e. The molecular formula is C16H21NO2. The molecule has 2 aromatic rings. The lowest BCUT2D eigenvalue weighted by atomic mass is 10.0. The number of carbonyl (C=O) groups is 1. The first kappa shape index (κ1) is 13.7. The lowest BCUT2D eigenvalue weighted by Gasteiger charge is -2.19. The number of fused-ring (bicyclic) bond motifs is 1. The van der Waals surface area contributed by atoms with Gasteiger partial charge < -0.3 is 4.74 Å². The van der Waals surface area contributed by atoms with Gasteiger partial charge in [-0.2, -0.15) is 0 Å². The Morgan fingerprint density at radius 3 is 2.42 bits per heavy atom. The molecule has 0 N–H and O–H groups in total. The van der Waals surface area contributed by atoms with Crippen molar-refractivity contribution in [3.05, 3.63) is 36.0 Å². The third-order valence-electron chi connectivity index (χ3n) is 2.95. The van der Waals surface area contributed by atoms with E-state index in [9.17, 15) is 4.79 Å². The van der Waals surface area contributed by atoms with Crippen LogP contribution in [-0.4, -0.2) is 16.3 Å². The van der Waals surface area contributed by atoms with Crippen molar-refractivity contribution in [1.29, 1.82) is 0 Å². The summed E-state index contributed by atoms with van der Waals surface area (Å²) in [4.78, 5) is 12.3. The molecule has 0 bridgehead atoms. The highest BCUT2D eigenvalue weighted by molar-refractivity contribution is 5.92. The number of nitrogens with zero attached hydrogens (tertiary/aromatic N) is 1. The fourth-order valence-corrected chi connectivity index (χ4v) is 2.13. The van der Waals surface area contributed by atoms with Crippen molar-refractivity contribution < 1.29 is 9.53 Å². The van der Waals surface area contributed by atoms with E-state index in [1.807, 2.05) is 51.2 Å². The van der Waals surface area contributed by atoms with Crippen LogP contribution in [0.5, 0.6) is 0 Å². The van der Waals surface area contributed by atoms with Gasteiger partial charge in [0.15, 0.2) is 0 Å². The SMILES string of the molecule is CC(C)c1cn(C(=O)OC(C)(C)C)c2ccccc12. The molecule has 0 amide bonds. The van der Waals surface area contributed by atoms with E-state index in [1.165, 1.54) is 5.56 Å². The molecule has 0 atom stereocenters. The van der Waals surface area contributed by atoms with Crippen LogP contribution < -0.4 is 0 Å². The fourth-order valence-electron chi connectivity index (χ4n) is 2.13. The van der Waals surface area contributed by atoms with Gasteiger partial charge in [0, 0.05) is 11.6 Å². The summed E-state index contributed by atoms with van der Waals surface area (Å²) in [5, 5.41) is 1.11. The number of rotatable bonds is 1. The third-order valence-corrected chi connectivity index (χ3v) is 2.95. The molecule has 0 saturated carbocycles. The van der Waals surface area contributed by atoms with Crippen LogP contribution in [0.1, 0.15) is 46.1 Å². The molecule has 1 heterocycles. The quantitative estimate of drug-likeness (QED) is 0.752. The van der Waals surface area contributed by atoms with Gasteiger partial charge >= 0.3 is 6.09 Å². The molecule has 0 spiro atoms. The average molecular weight is 259 g/mol. The second kappa shape index (κ2) is 4.72. The Bertz CT molecular complexity index is 603. The van der Waals surface area contributed by atoms with Crippen molar-refractivity contribution in [3.63, 3.8) is 0 Å². The van der Waals surface area contributed by atoms with E-state index < -0.39 is 5.60 Å². The molecule has 19 heavy (non-hydrogen) atoms. The predicted molar refractivity (Wildman–Crippen MR) is 77.7 cm³/mol. The van der Waals surface area contributed by atoms with Crippen LogP contribution in [0, 0.1) is 0 Å². The van der Waals surface area contributed by atoms with Crippen molar-refractivity contribution in [3.8, 4) is 0 Å². The van der Waals surface area contributed by atoms with Crippen molar-refractivity contribution in [2.24, 2.45) is 0 Å². The predicted octanol–water partition coefficient (Wildman–Crippen LogP) is 4.55. The summed E-state index contributed by atoms with van der Waals surface area (Å²) in [5.41, 5.74) is 1.59. The first-order chi connectivity index (χ1) is 8.79. The lowest BCUT2D eigenvalue weighted by Crippen LogP contribution is -2.26. The summed E-state index contributed by atoms with van der Waals surface area (Å²) in [7, 11) is 0. The Morgan fingerprint density at radius 2 is 1.84 bits per heavy atom. The largest absolute Gasteiger partial charge is 0.443 e. The molecule has 0 aliphatic rings. The number of hydrogen-bond donors (Lipinski definition) is 0. The van der Waals surface area contributed by atoms with Crippen molar-refractivity contribution in [1.82, 2.24) is 4.57 Å². The highest BCUT2D eigenvalue weighted by Crippen LogP contribution is 2.28. The summed E-state index contributed by atoms with van der Waals surface area (Å²) < 4.78 is 7.06. The van der Waals surface area contributed by atoms with Crippen molar-refractivity contribution in [2.75, 3.05) is 0 Å². The molecule has 3 nitrogen and oxygen atoms in total. The summed E-state index contributed by atoms with van der Waals surface area (Å²) in [5.74, 6) is 0.369. The summed E-state index contributed by atoms with van der Waals surface area (Å²) in [6, 6.07) is 7.93. The highest BCUT2D eigenvalue weighted by Gasteiger charge is 2.21. The fraction of sp³-hybridized carbons (Fsp3) is 0.438. The Morgan fingerprint density at radius 1 is 1.21 bits per heavy atom. The minimum absolute atomic E-state index is 0.324. The molecule has 0 unspecified atom stereocenters. The smallest absolute Gasteiger partial charge is 0.419 e. The zero-order valence-corrected chi connectivity index (χ0v) is 12.2. The van der Waals surface area contributed by atoms with Gasteiger partial charge in [-0.15, -0.1) is 0 Å². The molecule has 0 aliphatic heterocycles. The molecule has 1 aromatic carbocycles. The van der Waals surface area contributed by atoms with Gasteiger partial charge in [0.1, 0.15) is 5.60 Å². The Kier molecular flexibility index (Phi) is 3.40.